The number of fused-ring (bicyclic) bond motifs is 1. The van der Waals surface area contributed by atoms with E-state index in [1.165, 1.54) is 32.1 Å². The number of hydrogen-bond donors (Lipinski definition) is 0. The van der Waals surface area contributed by atoms with Crippen LogP contribution in [0.4, 0.5) is 0 Å². The molecule has 6 atom stereocenters. The lowest BCUT2D eigenvalue weighted by atomic mass is 9.51. The summed E-state index contributed by atoms with van der Waals surface area (Å²) < 4.78 is 0. The van der Waals surface area contributed by atoms with Gasteiger partial charge in [0.1, 0.15) is 0 Å². The van der Waals surface area contributed by atoms with Crippen LogP contribution in [0.1, 0.15) is 86.5 Å². The highest BCUT2D eigenvalue weighted by molar-refractivity contribution is 5.00. The van der Waals surface area contributed by atoms with Gasteiger partial charge in [0.05, 0.1) is 0 Å². The molecule has 3 fully saturated rings. The molecular formula is C21H38. The third-order valence-corrected chi connectivity index (χ3v) is 7.92. The smallest absolute Gasteiger partial charge is 0.0285 e. The summed E-state index contributed by atoms with van der Waals surface area (Å²) >= 11 is 0. The van der Waals surface area contributed by atoms with E-state index in [0.29, 0.717) is 10.8 Å². The minimum Gasteiger partial charge on any atom is -0.0622 e. The molecule has 0 nitrogen and oxygen atoms in total. The first-order chi connectivity index (χ1) is 9.72. The summed E-state index contributed by atoms with van der Waals surface area (Å²) in [5.74, 6) is 6.08. The molecule has 0 aromatic heterocycles. The van der Waals surface area contributed by atoms with Crippen LogP contribution in [-0.4, -0.2) is 0 Å². The van der Waals surface area contributed by atoms with Gasteiger partial charge in [-0.15, -0.1) is 0 Å². The second-order valence-corrected chi connectivity index (χ2v) is 10.4. The Bertz CT molecular complexity index is 370. The van der Waals surface area contributed by atoms with Crippen LogP contribution in [0.25, 0.3) is 0 Å². The molecule has 0 aliphatic heterocycles. The van der Waals surface area contributed by atoms with Crippen LogP contribution < -0.4 is 0 Å². The average molecular weight is 291 g/mol. The molecule has 122 valence electrons. The normalized spacial score (nSPS) is 40.9. The SMILES string of the molecule is CC(CC1CC2CCC2C1C)C(C(C)(C)C)C1(C)CCC1. The monoisotopic (exact) mass is 290 g/mol. The van der Waals surface area contributed by atoms with Crippen molar-refractivity contribution in [1.29, 1.82) is 0 Å². The summed E-state index contributed by atoms with van der Waals surface area (Å²) in [5.41, 5.74) is 1.11. The highest BCUT2D eigenvalue weighted by Gasteiger charge is 2.50. The maximum absolute atomic E-state index is 2.59. The highest BCUT2D eigenvalue weighted by Crippen LogP contribution is 2.59. The van der Waals surface area contributed by atoms with Gasteiger partial charge in [0.15, 0.2) is 0 Å². The van der Waals surface area contributed by atoms with Crippen molar-refractivity contribution in [1.82, 2.24) is 0 Å². The van der Waals surface area contributed by atoms with Crippen LogP contribution in [0.2, 0.25) is 0 Å². The quantitative estimate of drug-likeness (QED) is 0.551. The Kier molecular flexibility index (Phi) is 3.99. The molecule has 0 saturated heterocycles. The zero-order chi connectivity index (χ0) is 15.4. The van der Waals surface area contributed by atoms with Crippen molar-refractivity contribution in [3.05, 3.63) is 0 Å². The van der Waals surface area contributed by atoms with E-state index < -0.39 is 0 Å². The van der Waals surface area contributed by atoms with Gasteiger partial charge in [-0.25, -0.2) is 0 Å². The van der Waals surface area contributed by atoms with Gasteiger partial charge in [0.25, 0.3) is 0 Å². The average Bonchev–Trinajstić information content (AvgIpc) is 2.47. The van der Waals surface area contributed by atoms with Gasteiger partial charge in [0.2, 0.25) is 0 Å². The zero-order valence-corrected chi connectivity index (χ0v) is 15.4. The van der Waals surface area contributed by atoms with Crippen LogP contribution in [-0.2, 0) is 0 Å². The third kappa shape index (κ3) is 2.70. The molecule has 3 aliphatic carbocycles. The summed E-state index contributed by atoms with van der Waals surface area (Å²) in [6.07, 6.45) is 10.6. The summed E-state index contributed by atoms with van der Waals surface area (Å²) in [5, 5.41) is 0. The van der Waals surface area contributed by atoms with Crippen molar-refractivity contribution in [2.75, 3.05) is 0 Å². The van der Waals surface area contributed by atoms with E-state index in [1.54, 1.807) is 12.8 Å². The molecule has 21 heavy (non-hydrogen) atoms. The molecule has 0 heterocycles. The van der Waals surface area contributed by atoms with E-state index in [2.05, 4.69) is 41.5 Å². The number of rotatable bonds is 4. The lowest BCUT2D eigenvalue weighted by molar-refractivity contribution is -0.0408. The second kappa shape index (κ2) is 5.27. The van der Waals surface area contributed by atoms with E-state index in [0.717, 1.165) is 35.5 Å². The summed E-state index contributed by atoms with van der Waals surface area (Å²) in [7, 11) is 0. The first-order valence-electron chi connectivity index (χ1n) is 9.72. The molecule has 0 radical (unpaired) electrons. The van der Waals surface area contributed by atoms with Crippen LogP contribution in [0.15, 0.2) is 0 Å². The van der Waals surface area contributed by atoms with E-state index in [4.69, 9.17) is 0 Å². The number of hydrogen-bond acceptors (Lipinski definition) is 0. The highest BCUT2D eigenvalue weighted by atomic mass is 14.6. The Hall–Kier alpha value is 0. The van der Waals surface area contributed by atoms with E-state index in [-0.39, 0.29) is 0 Å². The Morgan fingerprint density at radius 1 is 1.14 bits per heavy atom. The summed E-state index contributed by atoms with van der Waals surface area (Å²) in [4.78, 5) is 0. The molecule has 0 bridgehead atoms. The molecule has 0 amide bonds. The minimum atomic E-state index is 0.468. The predicted molar refractivity (Wildman–Crippen MR) is 92.2 cm³/mol. The Balaban J connectivity index is 1.68. The maximum Gasteiger partial charge on any atom is -0.0285 e. The minimum absolute atomic E-state index is 0.468. The largest absolute Gasteiger partial charge is 0.0622 e. The van der Waals surface area contributed by atoms with Gasteiger partial charge in [-0.05, 0) is 84.9 Å². The molecule has 0 spiro atoms. The third-order valence-electron chi connectivity index (χ3n) is 7.92. The molecule has 3 aliphatic rings. The molecule has 0 aromatic carbocycles. The Labute approximate surface area is 133 Å². The van der Waals surface area contributed by atoms with Gasteiger partial charge >= 0.3 is 0 Å². The topological polar surface area (TPSA) is 0 Å². The van der Waals surface area contributed by atoms with Crippen LogP contribution in [0, 0.1) is 46.3 Å². The van der Waals surface area contributed by atoms with Gasteiger partial charge in [-0.3, -0.25) is 0 Å². The molecule has 0 N–H and O–H groups in total. The molecule has 3 saturated carbocycles. The molecule has 0 aromatic rings. The Morgan fingerprint density at radius 2 is 1.81 bits per heavy atom. The summed E-state index contributed by atoms with van der Waals surface area (Å²) in [6, 6.07) is 0. The van der Waals surface area contributed by atoms with E-state index in [9.17, 15) is 0 Å². The van der Waals surface area contributed by atoms with E-state index >= 15 is 0 Å². The van der Waals surface area contributed by atoms with Crippen molar-refractivity contribution < 1.29 is 0 Å². The fourth-order valence-corrected chi connectivity index (χ4v) is 7.09. The summed E-state index contributed by atoms with van der Waals surface area (Å²) in [6.45, 7) is 15.2. The van der Waals surface area contributed by atoms with Crippen molar-refractivity contribution in [3.63, 3.8) is 0 Å². The van der Waals surface area contributed by atoms with Crippen molar-refractivity contribution >= 4 is 0 Å². The van der Waals surface area contributed by atoms with Crippen LogP contribution in [0.3, 0.4) is 0 Å². The standard InChI is InChI=1S/C21H38/c1-14(12-17-13-16-8-9-18(16)15(17)2)19(20(3,4)5)21(6)10-7-11-21/h14-19H,7-13H2,1-6H3. The predicted octanol–water partition coefficient (Wildman–Crippen LogP) is 6.55. The lowest BCUT2D eigenvalue weighted by Gasteiger charge is -2.54. The fraction of sp³-hybridized carbons (Fsp3) is 1.00. The fourth-order valence-electron chi connectivity index (χ4n) is 7.09. The zero-order valence-electron chi connectivity index (χ0n) is 15.4. The maximum atomic E-state index is 2.59. The van der Waals surface area contributed by atoms with Gasteiger partial charge in [0, 0.05) is 0 Å². The second-order valence-electron chi connectivity index (χ2n) is 10.4. The van der Waals surface area contributed by atoms with Gasteiger partial charge in [-0.1, -0.05) is 48.0 Å². The van der Waals surface area contributed by atoms with Crippen molar-refractivity contribution in [3.8, 4) is 0 Å². The molecule has 3 rings (SSSR count). The first kappa shape index (κ1) is 15.9. The van der Waals surface area contributed by atoms with Crippen molar-refractivity contribution in [2.45, 2.75) is 86.5 Å². The van der Waals surface area contributed by atoms with Gasteiger partial charge in [-0.2, -0.15) is 0 Å². The van der Waals surface area contributed by atoms with E-state index in [1.807, 2.05) is 0 Å². The molecule has 0 heteroatoms. The molecular weight excluding hydrogens is 252 g/mol. The van der Waals surface area contributed by atoms with Crippen LogP contribution >= 0.6 is 0 Å². The Morgan fingerprint density at radius 3 is 2.14 bits per heavy atom. The van der Waals surface area contributed by atoms with Crippen LogP contribution in [0.5, 0.6) is 0 Å². The van der Waals surface area contributed by atoms with Crippen molar-refractivity contribution in [2.24, 2.45) is 46.3 Å². The molecule has 6 unspecified atom stereocenters. The van der Waals surface area contributed by atoms with Gasteiger partial charge < -0.3 is 0 Å². The first-order valence-corrected chi connectivity index (χ1v) is 9.72. The lowest BCUT2D eigenvalue weighted by Crippen LogP contribution is -2.45.